The number of hydrogen-bond donors (Lipinski definition) is 2. The molecular weight excluding hydrogens is 418 g/mol. The van der Waals surface area contributed by atoms with Crippen LogP contribution in [-0.4, -0.2) is 89.9 Å². The van der Waals surface area contributed by atoms with Crippen LogP contribution in [0.1, 0.15) is 18.4 Å². The van der Waals surface area contributed by atoms with Crippen molar-refractivity contribution in [1.82, 2.24) is 5.32 Å². The van der Waals surface area contributed by atoms with Crippen molar-refractivity contribution in [3.63, 3.8) is 0 Å². The molecule has 0 aliphatic heterocycles. The van der Waals surface area contributed by atoms with Crippen LogP contribution in [0, 0.1) is 5.92 Å². The Morgan fingerprint density at radius 2 is 1.22 bits per heavy atom. The molecule has 0 radical (unpaired) electrons. The fraction of sp³-hybridized carbons (Fsp3) is 0.696. The molecule has 1 amide bonds. The van der Waals surface area contributed by atoms with Gasteiger partial charge in [0.1, 0.15) is 0 Å². The Kier molecular flexibility index (Phi) is 14.7. The van der Waals surface area contributed by atoms with Crippen molar-refractivity contribution >= 4 is 6.09 Å². The van der Waals surface area contributed by atoms with Gasteiger partial charge in [0.05, 0.1) is 72.7 Å². The van der Waals surface area contributed by atoms with Crippen LogP contribution in [0.4, 0.5) is 4.79 Å². The van der Waals surface area contributed by atoms with Crippen LogP contribution in [0.3, 0.4) is 0 Å². The number of rotatable bonds is 20. The average molecular weight is 456 g/mol. The monoisotopic (exact) mass is 455 g/mol. The second-order valence-corrected chi connectivity index (χ2v) is 7.55. The molecule has 0 heterocycles. The topological polar surface area (TPSA) is 105 Å². The van der Waals surface area contributed by atoms with Gasteiger partial charge in [-0.3, -0.25) is 0 Å². The molecule has 182 valence electrons. The third-order valence-corrected chi connectivity index (χ3v) is 4.89. The smallest absolute Gasteiger partial charge is 0.404 e. The highest BCUT2D eigenvalue weighted by molar-refractivity contribution is 5.65. The highest BCUT2D eigenvalue weighted by atomic mass is 16.6. The highest BCUT2D eigenvalue weighted by Crippen LogP contribution is 2.27. The van der Waals surface area contributed by atoms with E-state index < -0.39 is 6.09 Å². The standard InChI is InChI=1S/C23H37NO8/c25-23(26)24-22-16-21(17-22)19-32-15-13-30-11-9-28-7-6-27-8-10-29-12-14-31-18-20-4-2-1-3-5-20/h1-5,21-22,24H,6-19H2,(H,25,26). The van der Waals surface area contributed by atoms with E-state index in [1.807, 2.05) is 30.3 Å². The molecule has 2 rings (SSSR count). The maximum atomic E-state index is 10.5. The van der Waals surface area contributed by atoms with Crippen LogP contribution in [0.5, 0.6) is 0 Å². The summed E-state index contributed by atoms with van der Waals surface area (Å²) < 4.78 is 32.9. The van der Waals surface area contributed by atoms with Gasteiger partial charge in [-0.05, 0) is 24.3 Å². The van der Waals surface area contributed by atoms with Crippen molar-refractivity contribution in [2.45, 2.75) is 25.5 Å². The van der Waals surface area contributed by atoms with Crippen LogP contribution < -0.4 is 5.32 Å². The molecule has 9 nitrogen and oxygen atoms in total. The second-order valence-electron chi connectivity index (χ2n) is 7.55. The van der Waals surface area contributed by atoms with E-state index in [0.717, 1.165) is 18.4 Å². The first-order valence-electron chi connectivity index (χ1n) is 11.2. The normalized spacial score (nSPS) is 17.8. The van der Waals surface area contributed by atoms with E-state index in [1.165, 1.54) is 0 Å². The first kappa shape index (κ1) is 26.5. The molecule has 9 heteroatoms. The van der Waals surface area contributed by atoms with Crippen LogP contribution >= 0.6 is 0 Å². The zero-order chi connectivity index (χ0) is 22.7. The lowest BCUT2D eigenvalue weighted by atomic mass is 9.81. The number of carboxylic acid groups (broad SMARTS) is 1. The quantitative estimate of drug-likeness (QED) is 0.289. The summed E-state index contributed by atoms with van der Waals surface area (Å²) in [5.41, 5.74) is 1.16. The molecule has 0 atom stereocenters. The minimum atomic E-state index is -0.957. The number of amides is 1. The third-order valence-electron chi connectivity index (χ3n) is 4.89. The molecule has 1 aliphatic rings. The van der Waals surface area contributed by atoms with Crippen LogP contribution in [-0.2, 0) is 35.0 Å². The van der Waals surface area contributed by atoms with Crippen molar-refractivity contribution < 1.29 is 38.3 Å². The van der Waals surface area contributed by atoms with Gasteiger partial charge in [-0.25, -0.2) is 4.79 Å². The molecule has 1 aromatic rings. The summed E-state index contributed by atoms with van der Waals surface area (Å²) in [5, 5.41) is 11.1. The van der Waals surface area contributed by atoms with E-state index in [4.69, 9.17) is 33.5 Å². The molecule has 0 spiro atoms. The zero-order valence-electron chi connectivity index (χ0n) is 18.7. The van der Waals surface area contributed by atoms with Crippen molar-refractivity contribution in [3.8, 4) is 0 Å². The van der Waals surface area contributed by atoms with Crippen molar-refractivity contribution in [2.24, 2.45) is 5.92 Å². The molecule has 0 unspecified atom stereocenters. The summed E-state index contributed by atoms with van der Waals surface area (Å²) in [6.07, 6.45) is 0.735. The molecule has 1 aromatic carbocycles. The molecule has 0 saturated heterocycles. The molecule has 2 N–H and O–H groups in total. The van der Waals surface area contributed by atoms with E-state index in [1.54, 1.807) is 0 Å². The lowest BCUT2D eigenvalue weighted by Gasteiger charge is -2.34. The Morgan fingerprint density at radius 1 is 0.750 bits per heavy atom. The molecule has 1 saturated carbocycles. The second kappa shape index (κ2) is 17.8. The van der Waals surface area contributed by atoms with E-state index in [0.29, 0.717) is 85.2 Å². The SMILES string of the molecule is O=C(O)NC1CC(COCCOCCOCCOCCOCCOCc2ccccc2)C1. The van der Waals surface area contributed by atoms with Gasteiger partial charge in [-0.15, -0.1) is 0 Å². The number of benzene rings is 1. The van der Waals surface area contributed by atoms with Crippen LogP contribution in [0.2, 0.25) is 0 Å². The highest BCUT2D eigenvalue weighted by Gasteiger charge is 2.30. The van der Waals surface area contributed by atoms with Gasteiger partial charge >= 0.3 is 6.09 Å². The fourth-order valence-electron chi connectivity index (χ4n) is 3.18. The van der Waals surface area contributed by atoms with Crippen molar-refractivity contribution in [1.29, 1.82) is 0 Å². The molecular formula is C23H37NO8. The minimum Gasteiger partial charge on any atom is -0.465 e. The molecule has 32 heavy (non-hydrogen) atoms. The van der Waals surface area contributed by atoms with E-state index >= 15 is 0 Å². The minimum absolute atomic E-state index is 0.0794. The van der Waals surface area contributed by atoms with Gasteiger partial charge in [0, 0.05) is 12.6 Å². The number of hydrogen-bond acceptors (Lipinski definition) is 7. The summed E-state index contributed by atoms with van der Waals surface area (Å²) in [7, 11) is 0. The molecule has 1 fully saturated rings. The number of ether oxygens (including phenoxy) is 6. The Bertz CT molecular complexity index is 583. The molecule has 1 aliphatic carbocycles. The Morgan fingerprint density at radius 3 is 1.72 bits per heavy atom. The summed E-state index contributed by atoms with van der Waals surface area (Å²) in [6.45, 7) is 6.58. The zero-order valence-corrected chi connectivity index (χ0v) is 18.7. The van der Waals surface area contributed by atoms with E-state index in [-0.39, 0.29) is 6.04 Å². The largest absolute Gasteiger partial charge is 0.465 e. The van der Waals surface area contributed by atoms with Crippen LogP contribution in [0.25, 0.3) is 0 Å². The van der Waals surface area contributed by atoms with Gasteiger partial charge in [-0.2, -0.15) is 0 Å². The fourth-order valence-corrected chi connectivity index (χ4v) is 3.18. The maximum absolute atomic E-state index is 10.5. The Labute approximate surface area is 190 Å². The first-order chi connectivity index (χ1) is 15.7. The van der Waals surface area contributed by atoms with E-state index in [2.05, 4.69) is 5.32 Å². The third kappa shape index (κ3) is 13.6. The first-order valence-corrected chi connectivity index (χ1v) is 11.2. The van der Waals surface area contributed by atoms with E-state index in [9.17, 15) is 4.79 Å². The van der Waals surface area contributed by atoms with Crippen molar-refractivity contribution in [2.75, 3.05) is 72.7 Å². The van der Waals surface area contributed by atoms with Crippen LogP contribution in [0.15, 0.2) is 30.3 Å². The predicted molar refractivity (Wildman–Crippen MR) is 118 cm³/mol. The number of nitrogens with one attached hydrogen (secondary N) is 1. The Balaban J connectivity index is 1.20. The molecule has 0 bridgehead atoms. The van der Waals surface area contributed by atoms with Crippen molar-refractivity contribution in [3.05, 3.63) is 35.9 Å². The average Bonchev–Trinajstić information content (AvgIpc) is 2.76. The lowest BCUT2D eigenvalue weighted by molar-refractivity contribution is -0.0220. The maximum Gasteiger partial charge on any atom is 0.404 e. The lowest BCUT2D eigenvalue weighted by Crippen LogP contribution is -2.45. The van der Waals surface area contributed by atoms with Gasteiger partial charge in [0.15, 0.2) is 0 Å². The summed E-state index contributed by atoms with van der Waals surface area (Å²) in [5.74, 6) is 0.438. The number of carbonyl (C=O) groups is 1. The summed E-state index contributed by atoms with van der Waals surface area (Å²) in [4.78, 5) is 10.5. The predicted octanol–water partition coefficient (Wildman–Crippen LogP) is 2.33. The van der Waals surface area contributed by atoms with Gasteiger partial charge < -0.3 is 38.8 Å². The summed E-state index contributed by atoms with van der Waals surface area (Å²) in [6, 6.07) is 10.1. The van der Waals surface area contributed by atoms with Gasteiger partial charge in [0.2, 0.25) is 0 Å². The summed E-state index contributed by atoms with van der Waals surface area (Å²) >= 11 is 0. The molecule has 0 aromatic heterocycles. The van der Waals surface area contributed by atoms with Gasteiger partial charge in [0.25, 0.3) is 0 Å². The van der Waals surface area contributed by atoms with Gasteiger partial charge in [-0.1, -0.05) is 30.3 Å². The Hall–Kier alpha value is -1.75.